The van der Waals surface area contributed by atoms with Gasteiger partial charge >= 0.3 is 5.97 Å². The van der Waals surface area contributed by atoms with Gasteiger partial charge in [0.25, 0.3) is 0 Å². The molecule has 1 amide bonds. The third-order valence-corrected chi connectivity index (χ3v) is 4.49. The summed E-state index contributed by atoms with van der Waals surface area (Å²) in [6.45, 7) is 3.17. The maximum absolute atomic E-state index is 12.0. The summed E-state index contributed by atoms with van der Waals surface area (Å²) in [6.07, 6.45) is 0. The van der Waals surface area contributed by atoms with Crippen LogP contribution in [0.1, 0.15) is 13.8 Å². The average Bonchev–Trinajstić information content (AvgIpc) is 2.73. The van der Waals surface area contributed by atoms with Crippen LogP contribution in [0.2, 0.25) is 0 Å². The second-order valence-corrected chi connectivity index (χ2v) is 6.06. The first kappa shape index (κ1) is 14.4. The first-order chi connectivity index (χ1) is 7.93. The molecule has 1 aliphatic rings. The summed E-state index contributed by atoms with van der Waals surface area (Å²) < 4.78 is 0. The fraction of sp³-hybridized carbons (Fsp3) is 0.700. The standard InChI is InChI=1S/C10H15NO4S2/c1-6(3-17-7(2)12)9(13)11-5-16-4-8(11)10(14)15/h6,8H,3-5H2,1-2H3,(H,14,15)/t6-,8+/m0/s1. The van der Waals surface area contributed by atoms with Gasteiger partial charge in [-0.3, -0.25) is 9.59 Å². The number of amides is 1. The van der Waals surface area contributed by atoms with E-state index < -0.39 is 12.0 Å². The molecule has 1 aliphatic heterocycles. The number of thioether (sulfide) groups is 2. The van der Waals surface area contributed by atoms with Crippen LogP contribution in [0.4, 0.5) is 0 Å². The monoisotopic (exact) mass is 277 g/mol. The summed E-state index contributed by atoms with van der Waals surface area (Å²) >= 11 is 2.53. The van der Waals surface area contributed by atoms with Crippen molar-refractivity contribution in [2.45, 2.75) is 19.9 Å². The summed E-state index contributed by atoms with van der Waals surface area (Å²) in [6, 6.07) is -0.725. The molecule has 0 aromatic rings. The average molecular weight is 277 g/mol. The zero-order chi connectivity index (χ0) is 13.0. The molecule has 0 bridgehead atoms. The van der Waals surface area contributed by atoms with Gasteiger partial charge in [-0.25, -0.2) is 4.79 Å². The molecular formula is C10H15NO4S2. The van der Waals surface area contributed by atoms with Crippen molar-refractivity contribution in [1.82, 2.24) is 4.90 Å². The number of carboxylic acid groups (broad SMARTS) is 1. The molecule has 96 valence electrons. The van der Waals surface area contributed by atoms with E-state index in [1.54, 1.807) is 6.92 Å². The Morgan fingerprint density at radius 3 is 2.71 bits per heavy atom. The van der Waals surface area contributed by atoms with Gasteiger partial charge in [-0.2, -0.15) is 0 Å². The zero-order valence-corrected chi connectivity index (χ0v) is 11.3. The van der Waals surface area contributed by atoms with Crippen LogP contribution in [0.5, 0.6) is 0 Å². The minimum atomic E-state index is -0.963. The predicted molar refractivity (Wildman–Crippen MR) is 67.9 cm³/mol. The smallest absolute Gasteiger partial charge is 0.327 e. The van der Waals surface area contributed by atoms with Crippen LogP contribution in [0.3, 0.4) is 0 Å². The molecule has 1 N–H and O–H groups in total. The molecule has 0 aromatic carbocycles. The van der Waals surface area contributed by atoms with Gasteiger partial charge in [-0.05, 0) is 0 Å². The maximum Gasteiger partial charge on any atom is 0.327 e. The van der Waals surface area contributed by atoms with Crippen LogP contribution in [-0.4, -0.2) is 50.4 Å². The molecule has 7 heteroatoms. The molecule has 0 spiro atoms. The summed E-state index contributed by atoms with van der Waals surface area (Å²) in [5.74, 6) is -0.212. The molecule has 1 saturated heterocycles. The molecule has 2 atom stereocenters. The number of carbonyl (C=O) groups is 3. The van der Waals surface area contributed by atoms with Crippen LogP contribution >= 0.6 is 23.5 Å². The third-order valence-electron chi connectivity index (χ3n) is 2.41. The molecule has 1 rings (SSSR count). The molecule has 5 nitrogen and oxygen atoms in total. The SMILES string of the molecule is CC(=O)SC[C@H](C)C(=O)N1CSC[C@@H]1C(=O)O. The first-order valence-corrected chi connectivity index (χ1v) is 7.32. The van der Waals surface area contributed by atoms with Crippen LogP contribution < -0.4 is 0 Å². The van der Waals surface area contributed by atoms with Gasteiger partial charge in [0.2, 0.25) is 5.91 Å². The predicted octanol–water partition coefficient (Wildman–Crippen LogP) is 0.888. The molecule has 0 radical (unpaired) electrons. The van der Waals surface area contributed by atoms with Crippen molar-refractivity contribution in [1.29, 1.82) is 0 Å². The van der Waals surface area contributed by atoms with Gasteiger partial charge in [-0.15, -0.1) is 11.8 Å². The van der Waals surface area contributed by atoms with E-state index in [4.69, 9.17) is 5.11 Å². The Balaban J connectivity index is 2.56. The number of aliphatic carboxylic acids is 1. The Hall–Kier alpha value is -0.690. The van der Waals surface area contributed by atoms with Gasteiger partial charge in [-0.1, -0.05) is 18.7 Å². The summed E-state index contributed by atoms with van der Waals surface area (Å²) in [5, 5.41) is 8.93. The van der Waals surface area contributed by atoms with Gasteiger partial charge in [0.15, 0.2) is 5.12 Å². The quantitative estimate of drug-likeness (QED) is 0.822. The third kappa shape index (κ3) is 3.92. The molecular weight excluding hydrogens is 262 g/mol. The molecule has 1 heterocycles. The van der Waals surface area contributed by atoms with Crippen molar-refractivity contribution in [2.75, 3.05) is 17.4 Å². The maximum atomic E-state index is 12.0. The largest absolute Gasteiger partial charge is 0.480 e. The topological polar surface area (TPSA) is 74.7 Å². The lowest BCUT2D eigenvalue weighted by atomic mass is 10.1. The highest BCUT2D eigenvalue weighted by atomic mass is 32.2. The number of nitrogens with zero attached hydrogens (tertiary/aromatic N) is 1. The van der Waals surface area contributed by atoms with Crippen molar-refractivity contribution in [3.05, 3.63) is 0 Å². The fourth-order valence-corrected chi connectivity index (χ4v) is 3.24. The zero-order valence-electron chi connectivity index (χ0n) is 9.71. The molecule has 0 aromatic heterocycles. The van der Waals surface area contributed by atoms with Crippen LogP contribution in [0, 0.1) is 5.92 Å². The number of carbonyl (C=O) groups excluding carboxylic acids is 2. The molecule has 17 heavy (non-hydrogen) atoms. The van der Waals surface area contributed by atoms with Crippen LogP contribution in [0.25, 0.3) is 0 Å². The summed E-state index contributed by atoms with van der Waals surface area (Å²) in [5.41, 5.74) is 0. The van der Waals surface area contributed by atoms with Crippen molar-refractivity contribution < 1.29 is 19.5 Å². The number of hydrogen-bond acceptors (Lipinski definition) is 5. The Kier molecular flexibility index (Phi) is 5.32. The summed E-state index contributed by atoms with van der Waals surface area (Å²) in [4.78, 5) is 35.1. The molecule has 0 unspecified atom stereocenters. The van der Waals surface area contributed by atoms with Gasteiger partial charge in [0, 0.05) is 24.3 Å². The Morgan fingerprint density at radius 2 is 2.18 bits per heavy atom. The highest BCUT2D eigenvalue weighted by Gasteiger charge is 2.36. The highest BCUT2D eigenvalue weighted by Crippen LogP contribution is 2.24. The van der Waals surface area contributed by atoms with Crippen molar-refractivity contribution in [3.63, 3.8) is 0 Å². The fourth-order valence-electron chi connectivity index (χ4n) is 1.46. The first-order valence-electron chi connectivity index (χ1n) is 5.18. The molecule has 0 saturated carbocycles. The lowest BCUT2D eigenvalue weighted by Crippen LogP contribution is -2.44. The van der Waals surface area contributed by atoms with E-state index in [1.807, 2.05) is 0 Å². The van der Waals surface area contributed by atoms with Crippen molar-refractivity contribution in [2.24, 2.45) is 5.92 Å². The minimum absolute atomic E-state index is 0.0322. The van der Waals surface area contributed by atoms with E-state index in [0.717, 1.165) is 11.8 Å². The molecule has 1 fully saturated rings. The number of carboxylic acids is 1. The summed E-state index contributed by atoms with van der Waals surface area (Å²) in [7, 11) is 0. The second kappa shape index (κ2) is 6.30. The van der Waals surface area contributed by atoms with Crippen LogP contribution in [0.15, 0.2) is 0 Å². The van der Waals surface area contributed by atoms with Crippen LogP contribution in [-0.2, 0) is 14.4 Å². The van der Waals surface area contributed by atoms with E-state index >= 15 is 0 Å². The second-order valence-electron chi connectivity index (χ2n) is 3.87. The van der Waals surface area contributed by atoms with Crippen molar-refractivity contribution in [3.8, 4) is 0 Å². The van der Waals surface area contributed by atoms with E-state index in [2.05, 4.69) is 0 Å². The van der Waals surface area contributed by atoms with Crippen molar-refractivity contribution >= 4 is 40.5 Å². The Bertz CT molecular complexity index is 334. The number of hydrogen-bond donors (Lipinski definition) is 1. The van der Waals surface area contributed by atoms with Gasteiger partial charge < -0.3 is 10.0 Å². The van der Waals surface area contributed by atoms with E-state index in [9.17, 15) is 14.4 Å². The lowest BCUT2D eigenvalue weighted by molar-refractivity contribution is -0.148. The molecule has 0 aliphatic carbocycles. The number of rotatable bonds is 4. The van der Waals surface area contributed by atoms with Gasteiger partial charge in [0.05, 0.1) is 5.88 Å². The Labute approximate surface area is 108 Å². The minimum Gasteiger partial charge on any atom is -0.480 e. The van der Waals surface area contributed by atoms with E-state index in [0.29, 0.717) is 17.4 Å². The van der Waals surface area contributed by atoms with E-state index in [-0.39, 0.29) is 16.9 Å². The highest BCUT2D eigenvalue weighted by molar-refractivity contribution is 8.13. The lowest BCUT2D eigenvalue weighted by Gasteiger charge is -2.23. The Morgan fingerprint density at radius 1 is 1.53 bits per heavy atom. The van der Waals surface area contributed by atoms with E-state index in [1.165, 1.54) is 23.6 Å². The normalized spacial score (nSPS) is 21.3. The van der Waals surface area contributed by atoms with Gasteiger partial charge in [0.1, 0.15) is 6.04 Å².